The average Bonchev–Trinajstić information content (AvgIpc) is 1.46. The van der Waals surface area contributed by atoms with Crippen molar-refractivity contribution in [3.8, 4) is 45.6 Å². The van der Waals surface area contributed by atoms with E-state index < -0.39 is 228 Å². The molecule has 0 aliphatic carbocycles. The molecule has 9 rings (SSSR count). The van der Waals surface area contributed by atoms with Gasteiger partial charge in [0.2, 0.25) is 14.4 Å². The molecule has 3 aromatic heterocycles. The third-order valence-corrected chi connectivity index (χ3v) is 19.2. The Morgan fingerprint density at radius 2 is 0.635 bits per heavy atom. The molecule has 0 saturated heterocycles. The van der Waals surface area contributed by atoms with E-state index in [1.54, 1.807) is 48.5 Å². The first-order valence-electron chi connectivity index (χ1n) is 31.5. The molecule has 0 fully saturated rings. The van der Waals surface area contributed by atoms with Crippen molar-refractivity contribution in [3.05, 3.63) is 93.5 Å². The van der Waals surface area contributed by atoms with Crippen molar-refractivity contribution >= 4 is 112 Å². The number of rotatable bonds is 32. The summed E-state index contributed by atoms with van der Waals surface area (Å²) in [6.07, 6.45) is 0. The molecule has 0 radical (unpaired) electrons. The number of aromatic nitrogens is 8. The molecule has 104 heavy (non-hydrogen) atoms. The second-order valence-corrected chi connectivity index (χ2v) is 33.1. The van der Waals surface area contributed by atoms with Gasteiger partial charge in [0.05, 0.1) is 0 Å². The predicted molar refractivity (Wildman–Crippen MR) is 378 cm³/mol. The summed E-state index contributed by atoms with van der Waals surface area (Å²) >= 11 is 0. The van der Waals surface area contributed by atoms with Crippen LogP contribution in [0.5, 0.6) is 0 Å². The van der Waals surface area contributed by atoms with Gasteiger partial charge in [-0.1, -0.05) is 48.5 Å². The number of hydrogen-bond acceptors (Lipinski definition) is 30. The highest BCUT2D eigenvalue weighted by atomic mass is 31.1. The lowest BCUT2D eigenvalue weighted by atomic mass is 9.90. The molecule has 0 saturated carbocycles. The van der Waals surface area contributed by atoms with Crippen molar-refractivity contribution in [2.45, 2.75) is 204 Å². The van der Waals surface area contributed by atoms with Crippen LogP contribution in [0.15, 0.2) is 54.6 Å². The van der Waals surface area contributed by atoms with E-state index in [1.165, 1.54) is 52.2 Å². The average molecular weight is 1590 g/mol. The van der Waals surface area contributed by atoms with Crippen LogP contribution in [0.3, 0.4) is 0 Å². The maximum absolute atomic E-state index is 14.6. The number of fused-ring (bicyclic) bond motifs is 20. The van der Waals surface area contributed by atoms with E-state index in [1.807, 2.05) is 0 Å². The Bertz CT molecular complexity index is 4740. The minimum Gasteiger partial charge on any atom is -0.366 e. The highest BCUT2D eigenvalue weighted by Gasteiger charge is 2.46. The minimum absolute atomic E-state index is 0.0838. The number of H-pyrrole nitrogens is 1. The fourth-order valence-electron chi connectivity index (χ4n) is 11.6. The Hall–Kier alpha value is -5.60. The van der Waals surface area contributed by atoms with Gasteiger partial charge in [-0.2, -0.15) is 0 Å². The molecule has 4 aromatic carbocycles. The van der Waals surface area contributed by atoms with Crippen molar-refractivity contribution in [1.82, 2.24) is 39.5 Å². The van der Waals surface area contributed by atoms with Crippen molar-refractivity contribution in [1.29, 1.82) is 0 Å². The van der Waals surface area contributed by atoms with Gasteiger partial charge in [-0.15, -0.1) is 0 Å². The maximum Gasteiger partial charge on any atom is 0.221 e. The first kappa shape index (κ1) is 82.5. The summed E-state index contributed by atoms with van der Waals surface area (Å²) in [5.74, 6) is -35.5. The summed E-state index contributed by atoms with van der Waals surface area (Å²) in [4.78, 5) is 34.2. The summed E-state index contributed by atoms with van der Waals surface area (Å²) in [6.45, 7) is 18.8. The van der Waals surface area contributed by atoms with Crippen molar-refractivity contribution in [3.63, 3.8) is 0 Å². The van der Waals surface area contributed by atoms with Gasteiger partial charge in [-0.05, 0) is 117 Å². The van der Waals surface area contributed by atoms with Crippen LogP contribution in [0.25, 0.3) is 89.7 Å². The molecule has 32 nitrogen and oxygen atoms in total. The summed E-state index contributed by atoms with van der Waals surface area (Å²) in [7, 11) is -8.01. The van der Waals surface area contributed by atoms with E-state index in [9.17, 15) is 77.4 Å². The number of nitrogens with zero attached hydrogens (tertiary/aromatic N) is 7. The Kier molecular flexibility index (Phi) is 24.7. The first-order valence-corrected chi connectivity index (χ1v) is 38.5. The number of benzene rings is 4. The summed E-state index contributed by atoms with van der Waals surface area (Å²) < 4.78 is 165. The molecular weight excluding hydrogens is 1510 g/mol. The molecule has 8 atom stereocenters. The van der Waals surface area contributed by atoms with Gasteiger partial charge in [0.1, 0.15) is 22.6 Å². The van der Waals surface area contributed by atoms with Crippen LogP contribution in [0.1, 0.15) is 197 Å². The number of aliphatic hydroxyl groups is 8. The minimum atomic E-state index is -2.32. The monoisotopic (exact) mass is 1590 g/mol. The van der Waals surface area contributed by atoms with Gasteiger partial charge in [-0.3, -0.25) is 41.1 Å². The molecule has 9 N–H and O–H groups in total. The lowest BCUT2D eigenvalue weighted by Crippen LogP contribution is -2.30. The molecule has 5 heterocycles. The van der Waals surface area contributed by atoms with Crippen molar-refractivity contribution < 1.29 is 115 Å². The van der Waals surface area contributed by atoms with E-state index in [0.29, 0.717) is 5.56 Å². The van der Waals surface area contributed by atoms with Crippen LogP contribution in [0.2, 0.25) is 0 Å². The summed E-state index contributed by atoms with van der Waals surface area (Å²) in [5, 5.41) is 92.4. The third kappa shape index (κ3) is 18.7. The molecule has 8 bridgehead atoms. The van der Waals surface area contributed by atoms with E-state index in [-0.39, 0.29) is 56.0 Å². The largest absolute Gasteiger partial charge is 0.366 e. The van der Waals surface area contributed by atoms with E-state index in [4.69, 9.17) is 67.8 Å². The standard InChI is InChI=1S/C64H74N8O24P8/c1-57(2,73)89-49(97-81)31-25-30-32(36(51(99-83)91-59(5,6)75)33(31)50(98-82)90-58(3,4)74)44-67-43(30)71-48-29-24-20-19-23-28(29)47(72(48)56(104-88)96-64(15,16)80)70-42-27-22-18-17-21-26(27)41(65-42)66-45-34-35(46(68-44)69-45)38(53(101-85)93-61(9,10)77)40(55(103-87)95-63(13,14)79)39(54(102-86)94-62(11,12)78)37(34)52(100-84)92-60(7,8)76/h17-25,49-56,73-80H,1-16H3,(H,65,66,67,68,69,70,71). The predicted octanol–water partition coefficient (Wildman–Crippen LogP) is 15.1. The second kappa shape index (κ2) is 31.2. The van der Waals surface area contributed by atoms with Crippen LogP contribution in [0, 0.1) is 0 Å². The first-order chi connectivity index (χ1) is 48.2. The Balaban J connectivity index is 1.79. The zero-order valence-electron chi connectivity index (χ0n) is 58.6. The smallest absolute Gasteiger partial charge is 0.221 e. The number of hydrogen-bond donors (Lipinski definition) is 9. The van der Waals surface area contributed by atoms with Gasteiger partial charge in [0.15, 0.2) is 170 Å². The zero-order valence-corrected chi connectivity index (χ0v) is 65.8. The van der Waals surface area contributed by atoms with Crippen molar-refractivity contribution in [2.24, 2.45) is 0 Å². The normalized spacial score (nSPS) is 16.2. The molecule has 40 heteroatoms. The SMILES string of the molecule is CC(C)(O)OC(P=O)c1cc2c(c(C(OC(C)(C)O)P=O)c1C(OC(C)(C)O)P=O)-c1nc-2nc2c3ccccc3c(nc3nc(nc4[nH]c(n1)c1c(C(OC(C)(C)O)P=O)c(C(OC(C)(C)O)P=O)c(C(OC(C)(C)O)P=O)c(C(OC(C)(C)O)P=O)c41)-c1ccccc1-3)n2C(OC(C)(C)O)P=O. The van der Waals surface area contributed by atoms with Crippen LogP contribution < -0.4 is 0 Å². The Morgan fingerprint density at radius 1 is 0.337 bits per heavy atom. The zero-order chi connectivity index (χ0) is 77.1. The van der Waals surface area contributed by atoms with Gasteiger partial charge < -0.3 is 83.7 Å². The summed E-state index contributed by atoms with van der Waals surface area (Å²) in [6, 6.07) is 14.3. The van der Waals surface area contributed by atoms with Crippen molar-refractivity contribution in [2.75, 3.05) is 0 Å². The van der Waals surface area contributed by atoms with Gasteiger partial charge in [0.25, 0.3) is 0 Å². The number of ether oxygens (including phenoxy) is 8. The molecule has 2 aliphatic heterocycles. The topological polar surface area (TPSA) is 470 Å². The van der Waals surface area contributed by atoms with E-state index in [0.717, 1.165) is 69.2 Å². The van der Waals surface area contributed by atoms with Crippen LogP contribution >= 0.6 is 67.7 Å². The molecule has 554 valence electrons. The fraction of sp³-hybridized carbons (Fsp3) is 0.500. The van der Waals surface area contributed by atoms with Gasteiger partial charge in [0, 0.05) is 82.7 Å². The fourth-order valence-corrected chi connectivity index (χ4v) is 17.0. The number of nitrogens with one attached hydrogen (secondary N) is 1. The quantitative estimate of drug-likeness (QED) is 0.0140. The van der Waals surface area contributed by atoms with Crippen LogP contribution in [-0.2, 0) is 74.4 Å². The third-order valence-electron chi connectivity index (χ3n) is 14.8. The van der Waals surface area contributed by atoms with Gasteiger partial charge >= 0.3 is 0 Å². The second-order valence-electron chi connectivity index (χ2n) is 27.7. The molecule has 7 aromatic rings. The maximum atomic E-state index is 14.6. The van der Waals surface area contributed by atoms with Gasteiger partial charge in [-0.25, -0.2) is 29.9 Å². The van der Waals surface area contributed by atoms with E-state index in [2.05, 4.69) is 4.98 Å². The summed E-state index contributed by atoms with van der Waals surface area (Å²) in [5.41, 5.74) is -4.74. The van der Waals surface area contributed by atoms with Crippen LogP contribution in [0.4, 0.5) is 0 Å². The lowest BCUT2D eigenvalue weighted by Gasteiger charge is -2.34. The Labute approximate surface area is 606 Å². The molecule has 2 aliphatic rings. The number of aromatic amines is 1. The highest BCUT2D eigenvalue weighted by Crippen LogP contribution is 2.58. The molecule has 8 unspecified atom stereocenters. The molecular formula is C64H74N8O24P8. The van der Waals surface area contributed by atoms with E-state index >= 15 is 0 Å². The lowest BCUT2D eigenvalue weighted by molar-refractivity contribution is -0.200. The van der Waals surface area contributed by atoms with Crippen LogP contribution in [-0.4, -0.2) is 127 Å². The Morgan fingerprint density at radius 3 is 0.990 bits per heavy atom. The highest BCUT2D eigenvalue weighted by molar-refractivity contribution is 7.26. The molecule has 0 spiro atoms. The molecule has 0 amide bonds.